The third-order valence-corrected chi connectivity index (χ3v) is 3.30. The second kappa shape index (κ2) is 5.24. The van der Waals surface area contributed by atoms with E-state index < -0.39 is 0 Å². The molecule has 3 heterocycles. The highest BCUT2D eigenvalue weighted by atomic mass is 16.2. The number of rotatable bonds is 2. The van der Waals surface area contributed by atoms with Gasteiger partial charge in [-0.25, -0.2) is 4.98 Å². The van der Waals surface area contributed by atoms with E-state index in [0.29, 0.717) is 17.1 Å². The number of nitrogen functional groups attached to an aromatic ring is 1. The Bertz CT molecular complexity index is 637. The van der Waals surface area contributed by atoms with Crippen LogP contribution in [0.15, 0.2) is 30.9 Å². The third kappa shape index (κ3) is 2.45. The Kier molecular flexibility index (Phi) is 3.28. The summed E-state index contributed by atoms with van der Waals surface area (Å²) in [6.07, 6.45) is 8.44. The molecule has 6 heteroatoms. The van der Waals surface area contributed by atoms with Crippen molar-refractivity contribution in [3.8, 4) is 11.3 Å². The normalized spacial score (nSPS) is 14.5. The lowest BCUT2D eigenvalue weighted by molar-refractivity contribution is 0.0786. The molecule has 2 N–H and O–H groups in total. The molecule has 0 unspecified atom stereocenters. The van der Waals surface area contributed by atoms with E-state index in [1.54, 1.807) is 24.7 Å². The first kappa shape index (κ1) is 12.5. The van der Waals surface area contributed by atoms with E-state index in [1.807, 2.05) is 4.90 Å². The van der Waals surface area contributed by atoms with Gasteiger partial charge in [0, 0.05) is 31.0 Å². The molecule has 6 nitrogen and oxygen atoms in total. The predicted octanol–water partition coefficient (Wildman–Crippen LogP) is 1.36. The van der Waals surface area contributed by atoms with Gasteiger partial charge in [0.1, 0.15) is 5.69 Å². The number of hydrogen-bond acceptors (Lipinski definition) is 5. The lowest BCUT2D eigenvalue weighted by Gasteiger charge is -2.14. The number of aromatic nitrogens is 3. The number of hydrogen-bond donors (Lipinski definition) is 1. The smallest absolute Gasteiger partial charge is 0.274 e. The maximum absolute atomic E-state index is 12.3. The number of carbonyl (C=O) groups is 1. The summed E-state index contributed by atoms with van der Waals surface area (Å²) >= 11 is 0. The minimum atomic E-state index is -0.0614. The minimum absolute atomic E-state index is 0.0614. The maximum atomic E-state index is 12.3. The van der Waals surface area contributed by atoms with E-state index in [2.05, 4.69) is 15.0 Å². The van der Waals surface area contributed by atoms with Crippen molar-refractivity contribution in [1.29, 1.82) is 0 Å². The zero-order valence-electron chi connectivity index (χ0n) is 11.0. The summed E-state index contributed by atoms with van der Waals surface area (Å²) in [4.78, 5) is 26.6. The van der Waals surface area contributed by atoms with E-state index in [-0.39, 0.29) is 5.91 Å². The summed E-state index contributed by atoms with van der Waals surface area (Å²) in [5, 5.41) is 0. The summed E-state index contributed by atoms with van der Waals surface area (Å²) in [6, 6.07) is 1.77. The molecule has 0 saturated carbocycles. The van der Waals surface area contributed by atoms with E-state index in [1.165, 1.54) is 6.20 Å². The molecule has 102 valence electrons. The molecule has 0 radical (unpaired) electrons. The van der Waals surface area contributed by atoms with Gasteiger partial charge in [-0.1, -0.05) is 0 Å². The van der Waals surface area contributed by atoms with Crippen LogP contribution in [-0.4, -0.2) is 38.8 Å². The second-order valence-electron chi connectivity index (χ2n) is 4.80. The Labute approximate surface area is 116 Å². The van der Waals surface area contributed by atoms with Crippen LogP contribution < -0.4 is 5.73 Å². The van der Waals surface area contributed by atoms with Gasteiger partial charge in [-0.3, -0.25) is 14.8 Å². The fraction of sp³-hybridized carbons (Fsp3) is 0.286. The standard InChI is InChI=1S/C14H15N5O/c15-11-5-10(6-16-7-11)12-8-17-9-13(18-12)14(20)19-3-1-2-4-19/h5-9H,1-4,15H2. The Balaban J connectivity index is 1.91. The van der Waals surface area contributed by atoms with Crippen molar-refractivity contribution in [3.05, 3.63) is 36.5 Å². The van der Waals surface area contributed by atoms with Gasteiger partial charge in [-0.15, -0.1) is 0 Å². The molecule has 1 aliphatic rings. The molecule has 0 atom stereocenters. The van der Waals surface area contributed by atoms with Crippen LogP contribution in [0.2, 0.25) is 0 Å². The van der Waals surface area contributed by atoms with Crippen molar-refractivity contribution in [2.24, 2.45) is 0 Å². The quantitative estimate of drug-likeness (QED) is 0.889. The number of nitrogens with zero attached hydrogens (tertiary/aromatic N) is 4. The van der Waals surface area contributed by atoms with Gasteiger partial charge in [0.05, 0.1) is 23.8 Å². The first-order valence-electron chi connectivity index (χ1n) is 6.56. The lowest BCUT2D eigenvalue weighted by atomic mass is 10.2. The molecule has 3 rings (SSSR count). The topological polar surface area (TPSA) is 85.0 Å². The molecule has 1 aliphatic heterocycles. The molecule has 2 aromatic rings. The Hall–Kier alpha value is -2.50. The van der Waals surface area contributed by atoms with Crippen LogP contribution in [0.1, 0.15) is 23.3 Å². The number of pyridine rings is 1. The maximum Gasteiger partial charge on any atom is 0.274 e. The van der Waals surface area contributed by atoms with Crippen LogP contribution >= 0.6 is 0 Å². The predicted molar refractivity (Wildman–Crippen MR) is 74.8 cm³/mol. The van der Waals surface area contributed by atoms with Gasteiger partial charge >= 0.3 is 0 Å². The number of likely N-dealkylation sites (tertiary alicyclic amines) is 1. The van der Waals surface area contributed by atoms with Crippen molar-refractivity contribution in [2.45, 2.75) is 12.8 Å². The second-order valence-corrected chi connectivity index (χ2v) is 4.80. The minimum Gasteiger partial charge on any atom is -0.397 e. The van der Waals surface area contributed by atoms with E-state index in [0.717, 1.165) is 31.5 Å². The number of nitrogens with two attached hydrogens (primary N) is 1. The fourth-order valence-corrected chi connectivity index (χ4v) is 2.29. The molecule has 1 saturated heterocycles. The molecule has 20 heavy (non-hydrogen) atoms. The molecule has 1 fully saturated rings. The fourth-order valence-electron chi connectivity index (χ4n) is 2.29. The van der Waals surface area contributed by atoms with Gasteiger partial charge in [0.2, 0.25) is 0 Å². The highest BCUT2D eigenvalue weighted by Crippen LogP contribution is 2.18. The summed E-state index contributed by atoms with van der Waals surface area (Å²) in [5.74, 6) is -0.0614. The van der Waals surface area contributed by atoms with Crippen molar-refractivity contribution >= 4 is 11.6 Å². The van der Waals surface area contributed by atoms with Crippen molar-refractivity contribution < 1.29 is 4.79 Å². The van der Waals surface area contributed by atoms with Gasteiger partial charge < -0.3 is 10.6 Å². The van der Waals surface area contributed by atoms with Crippen LogP contribution in [-0.2, 0) is 0 Å². The average Bonchev–Trinajstić information content (AvgIpc) is 3.01. The summed E-state index contributed by atoms with van der Waals surface area (Å²) < 4.78 is 0. The summed E-state index contributed by atoms with van der Waals surface area (Å²) in [7, 11) is 0. The average molecular weight is 269 g/mol. The number of anilines is 1. The van der Waals surface area contributed by atoms with Gasteiger partial charge in [-0.05, 0) is 18.9 Å². The van der Waals surface area contributed by atoms with Crippen molar-refractivity contribution in [1.82, 2.24) is 19.9 Å². The molecule has 2 aromatic heterocycles. The first-order chi connectivity index (χ1) is 9.74. The van der Waals surface area contributed by atoms with Crippen molar-refractivity contribution in [2.75, 3.05) is 18.8 Å². The van der Waals surface area contributed by atoms with Crippen LogP contribution in [0.5, 0.6) is 0 Å². The molecule has 0 spiro atoms. The molecule has 0 bridgehead atoms. The molecular formula is C14H15N5O. The number of carbonyl (C=O) groups excluding carboxylic acids is 1. The zero-order chi connectivity index (χ0) is 13.9. The van der Waals surface area contributed by atoms with Crippen LogP contribution in [0, 0.1) is 0 Å². The SMILES string of the molecule is Nc1cncc(-c2cncc(C(=O)N3CCCC3)n2)c1. The highest BCUT2D eigenvalue weighted by molar-refractivity contribution is 5.92. The van der Waals surface area contributed by atoms with E-state index in [4.69, 9.17) is 5.73 Å². The van der Waals surface area contributed by atoms with Gasteiger partial charge in [0.25, 0.3) is 5.91 Å². The van der Waals surface area contributed by atoms with Gasteiger partial charge in [0.15, 0.2) is 0 Å². The molecule has 1 amide bonds. The summed E-state index contributed by atoms with van der Waals surface area (Å²) in [6.45, 7) is 1.59. The molecule has 0 aliphatic carbocycles. The van der Waals surface area contributed by atoms with Crippen LogP contribution in [0.4, 0.5) is 5.69 Å². The van der Waals surface area contributed by atoms with Crippen LogP contribution in [0.3, 0.4) is 0 Å². The van der Waals surface area contributed by atoms with Gasteiger partial charge in [-0.2, -0.15) is 0 Å². The molecular weight excluding hydrogens is 254 g/mol. The highest BCUT2D eigenvalue weighted by Gasteiger charge is 2.21. The summed E-state index contributed by atoms with van der Waals surface area (Å²) in [5.41, 5.74) is 8.00. The number of amides is 1. The zero-order valence-corrected chi connectivity index (χ0v) is 11.0. The first-order valence-corrected chi connectivity index (χ1v) is 6.56. The molecule has 0 aromatic carbocycles. The van der Waals surface area contributed by atoms with Crippen LogP contribution in [0.25, 0.3) is 11.3 Å². The lowest BCUT2D eigenvalue weighted by Crippen LogP contribution is -2.28. The van der Waals surface area contributed by atoms with E-state index >= 15 is 0 Å². The van der Waals surface area contributed by atoms with E-state index in [9.17, 15) is 4.79 Å². The van der Waals surface area contributed by atoms with Crippen molar-refractivity contribution in [3.63, 3.8) is 0 Å². The Morgan fingerprint density at radius 1 is 1.10 bits per heavy atom. The third-order valence-electron chi connectivity index (χ3n) is 3.30. The monoisotopic (exact) mass is 269 g/mol. The largest absolute Gasteiger partial charge is 0.397 e. The Morgan fingerprint density at radius 2 is 1.85 bits per heavy atom. The Morgan fingerprint density at radius 3 is 2.60 bits per heavy atom.